The van der Waals surface area contributed by atoms with Gasteiger partial charge in [-0.1, -0.05) is 41.9 Å². The number of halogens is 1. The van der Waals surface area contributed by atoms with Gasteiger partial charge in [-0.05, 0) is 49.7 Å². The average molecular weight is 306 g/mol. The normalized spacial score (nSPS) is 12.4. The molecule has 0 aliphatic rings. The molecule has 0 radical (unpaired) electrons. The van der Waals surface area contributed by atoms with E-state index >= 15 is 0 Å². The Morgan fingerprint density at radius 1 is 1.10 bits per heavy atom. The molecular formula is C17H20ClNS. The van der Waals surface area contributed by atoms with Crippen molar-refractivity contribution in [3.8, 4) is 0 Å². The molecule has 3 heteroatoms. The molecule has 0 spiro atoms. The molecule has 1 atom stereocenters. The zero-order valence-corrected chi connectivity index (χ0v) is 13.7. The Bertz CT molecular complexity index is 583. The van der Waals surface area contributed by atoms with E-state index in [4.69, 9.17) is 11.6 Å². The van der Waals surface area contributed by atoms with Crippen molar-refractivity contribution in [2.45, 2.75) is 24.8 Å². The minimum Gasteiger partial charge on any atom is -0.312 e. The van der Waals surface area contributed by atoms with Crippen molar-refractivity contribution in [3.63, 3.8) is 0 Å². The van der Waals surface area contributed by atoms with E-state index in [1.807, 2.05) is 25.7 Å². The molecule has 0 fully saturated rings. The van der Waals surface area contributed by atoms with Crippen LogP contribution in [-0.2, 0) is 0 Å². The van der Waals surface area contributed by atoms with Crippen LogP contribution in [0.2, 0.25) is 5.02 Å². The highest BCUT2D eigenvalue weighted by atomic mass is 35.5. The molecule has 1 nitrogen and oxygen atoms in total. The standard InChI is InChI=1S/C17H20ClNS/c1-12-8-9-14(10-15(12)18)16(19-3)11-20-17-7-5-4-6-13(17)2/h4-10,16,19H,11H2,1-3H3. The van der Waals surface area contributed by atoms with Crippen molar-refractivity contribution in [3.05, 3.63) is 64.2 Å². The lowest BCUT2D eigenvalue weighted by atomic mass is 10.1. The van der Waals surface area contributed by atoms with Gasteiger partial charge in [-0.15, -0.1) is 11.8 Å². The van der Waals surface area contributed by atoms with E-state index in [0.29, 0.717) is 6.04 Å². The highest BCUT2D eigenvalue weighted by Crippen LogP contribution is 2.28. The number of hydrogen-bond acceptors (Lipinski definition) is 2. The summed E-state index contributed by atoms with van der Waals surface area (Å²) in [5.41, 5.74) is 3.69. The number of benzene rings is 2. The molecule has 20 heavy (non-hydrogen) atoms. The van der Waals surface area contributed by atoms with Gasteiger partial charge in [0.15, 0.2) is 0 Å². The molecule has 2 rings (SSSR count). The minimum atomic E-state index is 0.303. The number of aryl methyl sites for hydroxylation is 2. The van der Waals surface area contributed by atoms with Crippen LogP contribution in [-0.4, -0.2) is 12.8 Å². The van der Waals surface area contributed by atoms with Crippen molar-refractivity contribution in [1.82, 2.24) is 5.32 Å². The summed E-state index contributed by atoms with van der Waals surface area (Å²) in [7, 11) is 2.00. The molecule has 0 saturated heterocycles. The van der Waals surface area contributed by atoms with Gasteiger partial charge < -0.3 is 5.32 Å². The third-order valence-corrected chi connectivity index (χ3v) is 5.12. The van der Waals surface area contributed by atoms with E-state index in [1.165, 1.54) is 16.0 Å². The van der Waals surface area contributed by atoms with Crippen LogP contribution < -0.4 is 5.32 Å². The number of rotatable bonds is 5. The Hall–Kier alpha value is -0.960. The van der Waals surface area contributed by atoms with Gasteiger partial charge in [-0.2, -0.15) is 0 Å². The Morgan fingerprint density at radius 2 is 1.85 bits per heavy atom. The van der Waals surface area contributed by atoms with Crippen LogP contribution in [0.1, 0.15) is 22.7 Å². The second kappa shape index (κ2) is 7.16. The molecule has 106 valence electrons. The van der Waals surface area contributed by atoms with Crippen LogP contribution in [0.5, 0.6) is 0 Å². The quantitative estimate of drug-likeness (QED) is 0.779. The largest absolute Gasteiger partial charge is 0.312 e. The first-order valence-corrected chi connectivity index (χ1v) is 8.10. The Labute approximate surface area is 130 Å². The molecule has 0 aliphatic carbocycles. The number of hydrogen-bond donors (Lipinski definition) is 1. The summed E-state index contributed by atoms with van der Waals surface area (Å²) in [5, 5.41) is 4.21. The van der Waals surface area contributed by atoms with Gasteiger partial charge in [0.25, 0.3) is 0 Å². The first-order valence-electron chi connectivity index (χ1n) is 6.73. The third kappa shape index (κ3) is 3.78. The van der Waals surface area contributed by atoms with Crippen LogP contribution in [0.25, 0.3) is 0 Å². The molecule has 0 amide bonds. The molecule has 1 unspecified atom stereocenters. The topological polar surface area (TPSA) is 12.0 Å². The van der Waals surface area contributed by atoms with Crippen molar-refractivity contribution in [2.75, 3.05) is 12.8 Å². The fraction of sp³-hybridized carbons (Fsp3) is 0.294. The van der Waals surface area contributed by atoms with Crippen molar-refractivity contribution >= 4 is 23.4 Å². The fourth-order valence-corrected chi connectivity index (χ4v) is 3.43. The van der Waals surface area contributed by atoms with E-state index in [-0.39, 0.29) is 0 Å². The van der Waals surface area contributed by atoms with Crippen LogP contribution in [0.15, 0.2) is 47.4 Å². The van der Waals surface area contributed by atoms with Crippen LogP contribution in [0, 0.1) is 13.8 Å². The summed E-state index contributed by atoms with van der Waals surface area (Å²) in [5.74, 6) is 0.987. The van der Waals surface area contributed by atoms with Gasteiger partial charge in [0.05, 0.1) is 0 Å². The predicted molar refractivity (Wildman–Crippen MR) is 89.9 cm³/mol. The highest BCUT2D eigenvalue weighted by molar-refractivity contribution is 7.99. The molecule has 1 N–H and O–H groups in total. The van der Waals surface area contributed by atoms with E-state index < -0.39 is 0 Å². The van der Waals surface area contributed by atoms with E-state index in [2.05, 4.69) is 54.7 Å². The second-order valence-corrected chi connectivity index (χ2v) is 6.40. The fourth-order valence-electron chi connectivity index (χ4n) is 2.06. The Kier molecular flexibility index (Phi) is 5.53. The van der Waals surface area contributed by atoms with Gasteiger partial charge in [0.2, 0.25) is 0 Å². The van der Waals surface area contributed by atoms with E-state index in [0.717, 1.165) is 16.3 Å². The van der Waals surface area contributed by atoms with Gasteiger partial charge in [-0.25, -0.2) is 0 Å². The Morgan fingerprint density at radius 3 is 2.50 bits per heavy atom. The van der Waals surface area contributed by atoms with Gasteiger partial charge in [-0.3, -0.25) is 0 Å². The molecule has 0 aromatic heterocycles. The molecule has 0 heterocycles. The van der Waals surface area contributed by atoms with Crippen molar-refractivity contribution in [2.24, 2.45) is 0 Å². The van der Waals surface area contributed by atoms with E-state index in [9.17, 15) is 0 Å². The Balaban J connectivity index is 2.09. The minimum absolute atomic E-state index is 0.303. The smallest absolute Gasteiger partial charge is 0.0438 e. The zero-order chi connectivity index (χ0) is 14.5. The maximum Gasteiger partial charge on any atom is 0.0438 e. The molecule has 0 aliphatic heterocycles. The molecule has 2 aromatic carbocycles. The lowest BCUT2D eigenvalue weighted by molar-refractivity contribution is 0.661. The predicted octanol–water partition coefficient (Wildman–Crippen LogP) is 5.01. The summed E-state index contributed by atoms with van der Waals surface area (Å²) < 4.78 is 0. The number of thioether (sulfide) groups is 1. The van der Waals surface area contributed by atoms with Gasteiger partial charge >= 0.3 is 0 Å². The summed E-state index contributed by atoms with van der Waals surface area (Å²) in [6.45, 7) is 4.18. The van der Waals surface area contributed by atoms with Crippen molar-refractivity contribution < 1.29 is 0 Å². The molecule has 2 aromatic rings. The van der Waals surface area contributed by atoms with Gasteiger partial charge in [0, 0.05) is 21.7 Å². The SMILES string of the molecule is CNC(CSc1ccccc1C)c1ccc(C)c(Cl)c1. The lowest BCUT2D eigenvalue weighted by Gasteiger charge is -2.17. The van der Waals surface area contributed by atoms with Crippen molar-refractivity contribution in [1.29, 1.82) is 0 Å². The third-order valence-electron chi connectivity index (χ3n) is 3.45. The summed E-state index contributed by atoms with van der Waals surface area (Å²) in [6.07, 6.45) is 0. The average Bonchev–Trinajstić information content (AvgIpc) is 2.45. The monoisotopic (exact) mass is 305 g/mol. The summed E-state index contributed by atoms with van der Waals surface area (Å²) >= 11 is 8.10. The highest BCUT2D eigenvalue weighted by Gasteiger charge is 2.11. The maximum absolute atomic E-state index is 6.22. The van der Waals surface area contributed by atoms with Crippen LogP contribution in [0.4, 0.5) is 0 Å². The maximum atomic E-state index is 6.22. The summed E-state index contributed by atoms with van der Waals surface area (Å²) in [6, 6.07) is 15.1. The molecule has 0 bridgehead atoms. The molecular weight excluding hydrogens is 286 g/mol. The summed E-state index contributed by atoms with van der Waals surface area (Å²) in [4.78, 5) is 1.34. The second-order valence-electron chi connectivity index (χ2n) is 4.93. The van der Waals surface area contributed by atoms with Crippen LogP contribution in [0.3, 0.4) is 0 Å². The van der Waals surface area contributed by atoms with Gasteiger partial charge in [0.1, 0.15) is 0 Å². The van der Waals surface area contributed by atoms with E-state index in [1.54, 1.807) is 0 Å². The lowest BCUT2D eigenvalue weighted by Crippen LogP contribution is -2.18. The number of nitrogens with one attached hydrogen (secondary N) is 1. The first kappa shape index (κ1) is 15.4. The van der Waals surface area contributed by atoms with Crippen LogP contribution >= 0.6 is 23.4 Å². The molecule has 0 saturated carbocycles. The zero-order valence-electron chi connectivity index (χ0n) is 12.1. The first-order chi connectivity index (χ1) is 9.61.